The average molecular weight is 179 g/mol. The Bertz CT molecular complexity index is 363. The van der Waals surface area contributed by atoms with Crippen LogP contribution in [0.1, 0.15) is 12.5 Å². The molecule has 0 aromatic heterocycles. The van der Waals surface area contributed by atoms with Crippen LogP contribution in [0, 0.1) is 17.7 Å². The maximum absolute atomic E-state index is 12.8. The standard InChI is InChI=1S/C10H10FNO/c1-7(13)2-3-8-4-5-10(12)9(11)6-8/h4-7,13H,12H2,1H3/t7-/m1/s1. The second-order valence-corrected chi connectivity index (χ2v) is 2.68. The SMILES string of the molecule is C[C@@H](O)C#Cc1ccc(N)c(F)c1. The van der Waals surface area contributed by atoms with Crippen LogP contribution in [0.4, 0.5) is 10.1 Å². The summed E-state index contributed by atoms with van der Waals surface area (Å²) < 4.78 is 12.8. The van der Waals surface area contributed by atoms with Crippen LogP contribution in [0.25, 0.3) is 0 Å². The Balaban J connectivity index is 2.94. The molecular weight excluding hydrogens is 169 g/mol. The van der Waals surface area contributed by atoms with E-state index in [2.05, 4.69) is 11.8 Å². The highest BCUT2D eigenvalue weighted by Crippen LogP contribution is 2.10. The molecule has 1 aromatic carbocycles. The second-order valence-electron chi connectivity index (χ2n) is 2.68. The zero-order chi connectivity index (χ0) is 9.84. The largest absolute Gasteiger partial charge is 0.396 e. The molecule has 1 rings (SSSR count). The Labute approximate surface area is 76.2 Å². The highest BCUT2D eigenvalue weighted by Gasteiger charge is 1.97. The molecule has 0 aliphatic carbocycles. The molecular formula is C10H10FNO. The maximum atomic E-state index is 12.8. The summed E-state index contributed by atoms with van der Waals surface area (Å²) in [5, 5.41) is 8.85. The third-order valence-corrected chi connectivity index (χ3v) is 1.43. The van der Waals surface area contributed by atoms with Gasteiger partial charge in [-0.25, -0.2) is 4.39 Å². The second kappa shape index (κ2) is 3.92. The normalized spacial score (nSPS) is 11.6. The van der Waals surface area contributed by atoms with E-state index in [-0.39, 0.29) is 5.69 Å². The van der Waals surface area contributed by atoms with Gasteiger partial charge in [0.2, 0.25) is 0 Å². The maximum Gasteiger partial charge on any atom is 0.147 e. The van der Waals surface area contributed by atoms with E-state index >= 15 is 0 Å². The van der Waals surface area contributed by atoms with Crippen molar-refractivity contribution in [3.05, 3.63) is 29.6 Å². The van der Waals surface area contributed by atoms with Crippen molar-refractivity contribution in [2.24, 2.45) is 0 Å². The van der Waals surface area contributed by atoms with E-state index in [1.54, 1.807) is 13.0 Å². The monoisotopic (exact) mass is 179 g/mol. The molecule has 0 heterocycles. The summed E-state index contributed by atoms with van der Waals surface area (Å²) in [6, 6.07) is 4.29. The van der Waals surface area contributed by atoms with E-state index in [0.717, 1.165) is 0 Å². The lowest BCUT2D eigenvalue weighted by Gasteiger charge is -1.95. The fourth-order valence-electron chi connectivity index (χ4n) is 0.793. The number of nitrogens with two attached hydrogens (primary N) is 1. The number of hydrogen-bond acceptors (Lipinski definition) is 2. The quantitative estimate of drug-likeness (QED) is 0.463. The number of nitrogen functional groups attached to an aromatic ring is 1. The molecule has 0 bridgehead atoms. The third-order valence-electron chi connectivity index (χ3n) is 1.43. The van der Waals surface area contributed by atoms with Crippen LogP contribution >= 0.6 is 0 Å². The summed E-state index contributed by atoms with van der Waals surface area (Å²) in [6.07, 6.45) is -0.708. The lowest BCUT2D eigenvalue weighted by molar-refractivity contribution is 0.253. The fourth-order valence-corrected chi connectivity index (χ4v) is 0.793. The Morgan fingerprint density at radius 1 is 1.54 bits per heavy atom. The summed E-state index contributed by atoms with van der Waals surface area (Å²) in [5.41, 5.74) is 5.88. The van der Waals surface area contributed by atoms with Gasteiger partial charge in [0.25, 0.3) is 0 Å². The van der Waals surface area contributed by atoms with Gasteiger partial charge in [-0.3, -0.25) is 0 Å². The lowest BCUT2D eigenvalue weighted by atomic mass is 10.2. The van der Waals surface area contributed by atoms with Gasteiger partial charge in [0, 0.05) is 5.56 Å². The van der Waals surface area contributed by atoms with Crippen molar-refractivity contribution in [1.82, 2.24) is 0 Å². The molecule has 2 nitrogen and oxygen atoms in total. The minimum absolute atomic E-state index is 0.0996. The van der Waals surface area contributed by atoms with Gasteiger partial charge in [0.1, 0.15) is 11.9 Å². The topological polar surface area (TPSA) is 46.2 Å². The fraction of sp³-hybridized carbons (Fsp3) is 0.200. The molecule has 0 amide bonds. The van der Waals surface area contributed by atoms with Gasteiger partial charge in [-0.05, 0) is 25.1 Å². The number of aliphatic hydroxyl groups excluding tert-OH is 1. The van der Waals surface area contributed by atoms with Crippen LogP contribution in [0.5, 0.6) is 0 Å². The molecule has 1 atom stereocenters. The van der Waals surface area contributed by atoms with Crippen molar-refractivity contribution in [3.8, 4) is 11.8 Å². The summed E-state index contributed by atoms with van der Waals surface area (Å²) in [4.78, 5) is 0. The number of halogens is 1. The molecule has 68 valence electrons. The van der Waals surface area contributed by atoms with E-state index in [1.165, 1.54) is 12.1 Å². The molecule has 0 aliphatic heterocycles. The molecule has 13 heavy (non-hydrogen) atoms. The van der Waals surface area contributed by atoms with Crippen LogP contribution in [0.15, 0.2) is 18.2 Å². The van der Waals surface area contributed by atoms with Crippen molar-refractivity contribution in [2.75, 3.05) is 5.73 Å². The number of rotatable bonds is 0. The van der Waals surface area contributed by atoms with Crippen molar-refractivity contribution in [2.45, 2.75) is 13.0 Å². The van der Waals surface area contributed by atoms with E-state index < -0.39 is 11.9 Å². The summed E-state index contributed by atoms with van der Waals surface area (Å²) in [6.45, 7) is 1.54. The lowest BCUT2D eigenvalue weighted by Crippen LogP contribution is -1.94. The highest BCUT2D eigenvalue weighted by atomic mass is 19.1. The third kappa shape index (κ3) is 2.77. The zero-order valence-electron chi connectivity index (χ0n) is 7.21. The number of benzene rings is 1. The van der Waals surface area contributed by atoms with Gasteiger partial charge in [-0.2, -0.15) is 0 Å². The summed E-state index contributed by atoms with van der Waals surface area (Å²) in [7, 11) is 0. The predicted molar refractivity (Wildman–Crippen MR) is 49.4 cm³/mol. The minimum Gasteiger partial charge on any atom is -0.396 e. The first-order valence-corrected chi connectivity index (χ1v) is 3.84. The molecule has 0 saturated heterocycles. The van der Waals surface area contributed by atoms with Crippen LogP contribution in [-0.4, -0.2) is 11.2 Å². The van der Waals surface area contributed by atoms with Crippen LogP contribution in [0.3, 0.4) is 0 Å². The molecule has 0 radical (unpaired) electrons. The van der Waals surface area contributed by atoms with Crippen LogP contribution in [0.2, 0.25) is 0 Å². The van der Waals surface area contributed by atoms with Crippen molar-refractivity contribution in [3.63, 3.8) is 0 Å². The van der Waals surface area contributed by atoms with Crippen molar-refractivity contribution in [1.29, 1.82) is 0 Å². The van der Waals surface area contributed by atoms with E-state index in [1.807, 2.05) is 0 Å². The highest BCUT2D eigenvalue weighted by molar-refractivity contribution is 5.46. The molecule has 0 saturated carbocycles. The molecule has 0 spiro atoms. The number of anilines is 1. The Morgan fingerprint density at radius 2 is 2.23 bits per heavy atom. The van der Waals surface area contributed by atoms with Gasteiger partial charge in [0.05, 0.1) is 5.69 Å². The van der Waals surface area contributed by atoms with Gasteiger partial charge in [-0.1, -0.05) is 11.8 Å². The molecule has 3 heteroatoms. The Hall–Kier alpha value is -1.53. The van der Waals surface area contributed by atoms with E-state index in [9.17, 15) is 4.39 Å². The van der Waals surface area contributed by atoms with Crippen LogP contribution in [-0.2, 0) is 0 Å². The number of aliphatic hydroxyl groups is 1. The van der Waals surface area contributed by atoms with Gasteiger partial charge >= 0.3 is 0 Å². The minimum atomic E-state index is -0.708. The summed E-state index contributed by atoms with van der Waals surface area (Å²) in [5.74, 6) is 4.63. The first-order chi connectivity index (χ1) is 6.09. The van der Waals surface area contributed by atoms with E-state index in [0.29, 0.717) is 5.56 Å². The summed E-state index contributed by atoms with van der Waals surface area (Å²) >= 11 is 0. The first kappa shape index (κ1) is 9.56. The van der Waals surface area contributed by atoms with Crippen LogP contribution < -0.4 is 5.73 Å². The predicted octanol–water partition coefficient (Wildman–Crippen LogP) is 1.14. The van der Waals surface area contributed by atoms with Crippen molar-refractivity contribution >= 4 is 5.69 Å². The molecule has 0 aliphatic rings. The number of hydrogen-bond donors (Lipinski definition) is 2. The average Bonchev–Trinajstić information content (AvgIpc) is 2.07. The zero-order valence-corrected chi connectivity index (χ0v) is 7.21. The van der Waals surface area contributed by atoms with Gasteiger partial charge in [0.15, 0.2) is 0 Å². The van der Waals surface area contributed by atoms with Crippen molar-refractivity contribution < 1.29 is 9.50 Å². The molecule has 1 aromatic rings. The Morgan fingerprint density at radius 3 is 2.77 bits per heavy atom. The molecule has 3 N–H and O–H groups in total. The Kier molecular flexibility index (Phi) is 2.88. The molecule has 0 fully saturated rings. The smallest absolute Gasteiger partial charge is 0.147 e. The van der Waals surface area contributed by atoms with Gasteiger partial charge < -0.3 is 10.8 Å². The van der Waals surface area contributed by atoms with E-state index in [4.69, 9.17) is 10.8 Å². The first-order valence-electron chi connectivity index (χ1n) is 3.84. The molecule has 0 unspecified atom stereocenters. The van der Waals surface area contributed by atoms with Gasteiger partial charge in [-0.15, -0.1) is 0 Å².